The molecule has 2 aromatic rings. The zero-order valence-corrected chi connectivity index (χ0v) is 19.8. The van der Waals surface area contributed by atoms with Gasteiger partial charge in [-0.05, 0) is 70.2 Å². The summed E-state index contributed by atoms with van der Waals surface area (Å²) in [5.41, 5.74) is 2.30. The summed E-state index contributed by atoms with van der Waals surface area (Å²) in [6.45, 7) is 13.4. The average molecular weight is 441 g/mol. The number of aryl methyl sites for hydroxylation is 2. The van der Waals surface area contributed by atoms with Crippen LogP contribution in [0.5, 0.6) is 5.75 Å². The van der Waals surface area contributed by atoms with Gasteiger partial charge in [-0.15, -0.1) is 0 Å². The second-order valence-electron chi connectivity index (χ2n) is 9.54. The van der Waals surface area contributed by atoms with Crippen molar-refractivity contribution >= 4 is 5.91 Å². The number of benzene rings is 1. The predicted molar refractivity (Wildman–Crippen MR) is 124 cm³/mol. The van der Waals surface area contributed by atoms with E-state index >= 15 is 0 Å². The first-order valence-corrected chi connectivity index (χ1v) is 11.8. The normalized spacial score (nSPS) is 22.8. The van der Waals surface area contributed by atoms with Crippen molar-refractivity contribution in [2.45, 2.75) is 59.4 Å². The maximum atomic E-state index is 12.9. The molecule has 0 radical (unpaired) electrons. The summed E-state index contributed by atoms with van der Waals surface area (Å²) in [6.07, 6.45) is 2.67. The first kappa shape index (κ1) is 22.9. The average Bonchev–Trinajstić information content (AvgIpc) is 3.21. The highest BCUT2D eigenvalue weighted by molar-refractivity contribution is 5.91. The number of furan rings is 1. The molecule has 0 N–H and O–H groups in total. The molecule has 2 unspecified atom stereocenters. The van der Waals surface area contributed by atoms with Crippen LogP contribution in [0.3, 0.4) is 0 Å². The number of hydrogen-bond acceptors (Lipinski definition) is 5. The number of piperidine rings is 1. The van der Waals surface area contributed by atoms with Gasteiger partial charge in [-0.3, -0.25) is 9.69 Å². The van der Waals surface area contributed by atoms with Gasteiger partial charge in [0.1, 0.15) is 18.1 Å². The summed E-state index contributed by atoms with van der Waals surface area (Å²) in [4.78, 5) is 17.4. The molecule has 1 aromatic carbocycles. The fraction of sp³-hybridized carbons (Fsp3) is 0.577. The highest BCUT2D eigenvalue weighted by Gasteiger charge is 2.29. The van der Waals surface area contributed by atoms with Gasteiger partial charge in [-0.1, -0.05) is 17.7 Å². The van der Waals surface area contributed by atoms with E-state index in [4.69, 9.17) is 13.9 Å². The van der Waals surface area contributed by atoms with E-state index < -0.39 is 0 Å². The number of carbonyl (C=O) groups is 1. The van der Waals surface area contributed by atoms with Crippen LogP contribution >= 0.6 is 0 Å². The Morgan fingerprint density at radius 3 is 2.47 bits per heavy atom. The lowest BCUT2D eigenvalue weighted by atomic mass is 9.95. The zero-order valence-electron chi connectivity index (χ0n) is 19.8. The lowest BCUT2D eigenvalue weighted by Crippen LogP contribution is -2.48. The summed E-state index contributed by atoms with van der Waals surface area (Å²) in [5, 5.41) is 0. The van der Waals surface area contributed by atoms with Gasteiger partial charge in [-0.2, -0.15) is 0 Å². The molecular weight excluding hydrogens is 404 g/mol. The van der Waals surface area contributed by atoms with Crippen molar-refractivity contribution in [1.29, 1.82) is 0 Å². The van der Waals surface area contributed by atoms with Crippen molar-refractivity contribution in [1.82, 2.24) is 9.80 Å². The van der Waals surface area contributed by atoms with Crippen molar-refractivity contribution in [3.05, 3.63) is 53.0 Å². The monoisotopic (exact) mass is 440 g/mol. The number of nitrogens with zero attached hydrogens (tertiary/aromatic N) is 2. The third kappa shape index (κ3) is 5.73. The van der Waals surface area contributed by atoms with Gasteiger partial charge >= 0.3 is 0 Å². The topological polar surface area (TPSA) is 55.2 Å². The Balaban J connectivity index is 1.25. The van der Waals surface area contributed by atoms with E-state index in [0.29, 0.717) is 36.3 Å². The molecule has 6 heteroatoms. The van der Waals surface area contributed by atoms with Gasteiger partial charge < -0.3 is 18.8 Å². The summed E-state index contributed by atoms with van der Waals surface area (Å²) in [6, 6.07) is 9.71. The molecule has 4 rings (SSSR count). The second kappa shape index (κ2) is 10.1. The van der Waals surface area contributed by atoms with E-state index in [9.17, 15) is 4.79 Å². The molecule has 174 valence electrons. The minimum absolute atomic E-state index is 0.0187. The van der Waals surface area contributed by atoms with Crippen molar-refractivity contribution in [3.63, 3.8) is 0 Å². The quantitative estimate of drug-likeness (QED) is 0.665. The van der Waals surface area contributed by atoms with Crippen LogP contribution in [0.15, 0.2) is 34.7 Å². The van der Waals surface area contributed by atoms with Gasteiger partial charge in [0.2, 0.25) is 0 Å². The summed E-state index contributed by atoms with van der Waals surface area (Å²) >= 11 is 0. The summed E-state index contributed by atoms with van der Waals surface area (Å²) < 4.78 is 17.5. The highest BCUT2D eigenvalue weighted by Crippen LogP contribution is 2.24. The molecule has 1 aromatic heterocycles. The molecule has 0 aliphatic carbocycles. The van der Waals surface area contributed by atoms with Crippen LogP contribution in [0.25, 0.3) is 0 Å². The van der Waals surface area contributed by atoms with Crippen molar-refractivity contribution in [2.24, 2.45) is 5.92 Å². The largest absolute Gasteiger partial charge is 0.485 e. The van der Waals surface area contributed by atoms with Crippen LogP contribution in [-0.4, -0.2) is 60.6 Å². The van der Waals surface area contributed by atoms with Crippen LogP contribution in [0.2, 0.25) is 0 Å². The van der Waals surface area contributed by atoms with E-state index in [1.807, 2.05) is 30.0 Å². The van der Waals surface area contributed by atoms with Crippen LogP contribution in [0, 0.1) is 19.8 Å². The lowest BCUT2D eigenvalue weighted by molar-refractivity contribution is -0.0729. The Bertz CT molecular complexity index is 906. The van der Waals surface area contributed by atoms with Crippen molar-refractivity contribution < 1.29 is 18.7 Å². The molecule has 0 bridgehead atoms. The minimum atomic E-state index is -0.0187. The number of carbonyl (C=O) groups excluding carboxylic acids is 1. The van der Waals surface area contributed by atoms with E-state index in [1.54, 1.807) is 6.07 Å². The maximum absolute atomic E-state index is 12.9. The number of ether oxygens (including phenoxy) is 2. The molecule has 2 aliphatic rings. The fourth-order valence-corrected chi connectivity index (χ4v) is 4.95. The van der Waals surface area contributed by atoms with E-state index in [-0.39, 0.29) is 5.91 Å². The van der Waals surface area contributed by atoms with Gasteiger partial charge in [-0.25, -0.2) is 0 Å². The number of rotatable bonds is 6. The third-order valence-corrected chi connectivity index (χ3v) is 6.49. The molecule has 0 saturated carbocycles. The molecular formula is C26H36N2O4. The fourth-order valence-electron chi connectivity index (χ4n) is 4.95. The van der Waals surface area contributed by atoms with Gasteiger partial charge in [0.05, 0.1) is 12.2 Å². The summed E-state index contributed by atoms with van der Waals surface area (Å²) in [5.74, 6) is 2.52. The Kier molecular flexibility index (Phi) is 7.21. The van der Waals surface area contributed by atoms with Crippen LogP contribution in [0.4, 0.5) is 0 Å². The number of hydrogen-bond donors (Lipinski definition) is 0. The van der Waals surface area contributed by atoms with Crippen molar-refractivity contribution in [2.75, 3.05) is 32.7 Å². The minimum Gasteiger partial charge on any atom is -0.485 e. The van der Waals surface area contributed by atoms with Gasteiger partial charge in [0, 0.05) is 32.7 Å². The Morgan fingerprint density at radius 2 is 1.78 bits per heavy atom. The number of likely N-dealkylation sites (tertiary alicyclic amines) is 1. The van der Waals surface area contributed by atoms with Crippen LogP contribution in [-0.2, 0) is 11.3 Å². The molecule has 3 heterocycles. The van der Waals surface area contributed by atoms with Gasteiger partial charge in [0.25, 0.3) is 5.91 Å². The van der Waals surface area contributed by atoms with Crippen LogP contribution < -0.4 is 4.74 Å². The first-order chi connectivity index (χ1) is 15.4. The van der Waals surface area contributed by atoms with E-state index in [1.165, 1.54) is 5.56 Å². The zero-order chi connectivity index (χ0) is 22.7. The molecule has 2 aliphatic heterocycles. The lowest BCUT2D eigenvalue weighted by Gasteiger charge is -2.39. The molecule has 0 spiro atoms. The Labute approximate surface area is 191 Å². The van der Waals surface area contributed by atoms with E-state index in [0.717, 1.165) is 56.9 Å². The summed E-state index contributed by atoms with van der Waals surface area (Å²) in [7, 11) is 0. The molecule has 32 heavy (non-hydrogen) atoms. The highest BCUT2D eigenvalue weighted by atomic mass is 16.5. The van der Waals surface area contributed by atoms with E-state index in [2.05, 4.69) is 31.7 Å². The first-order valence-electron chi connectivity index (χ1n) is 11.8. The Hall–Kier alpha value is -2.31. The molecule has 2 atom stereocenters. The molecule has 1 amide bonds. The third-order valence-electron chi connectivity index (χ3n) is 6.49. The Morgan fingerprint density at radius 1 is 1.06 bits per heavy atom. The second-order valence-corrected chi connectivity index (χ2v) is 9.54. The van der Waals surface area contributed by atoms with Gasteiger partial charge in [0.15, 0.2) is 5.76 Å². The molecule has 2 saturated heterocycles. The number of morpholine rings is 1. The molecule has 6 nitrogen and oxygen atoms in total. The van der Waals surface area contributed by atoms with Crippen LogP contribution in [0.1, 0.15) is 54.1 Å². The number of amides is 1. The SMILES string of the molecule is Cc1ccc(OCc2ccc(C(=O)N3CCC(CN4CC(C)OC(C)C4)CC3)o2)c(C)c1. The molecule has 2 fully saturated rings. The van der Waals surface area contributed by atoms with Crippen molar-refractivity contribution in [3.8, 4) is 5.75 Å². The smallest absolute Gasteiger partial charge is 0.289 e. The predicted octanol–water partition coefficient (Wildman–Crippen LogP) is 4.44. The maximum Gasteiger partial charge on any atom is 0.289 e. The standard InChI is InChI=1S/C26H36N2O4/c1-18-5-7-24(19(2)13-18)30-17-23-6-8-25(32-23)26(29)28-11-9-22(10-12-28)16-27-14-20(3)31-21(4)15-27/h5-8,13,20-22H,9-12,14-17H2,1-4H3.